The zero-order chi connectivity index (χ0) is 15.1. The summed E-state index contributed by atoms with van der Waals surface area (Å²) in [7, 11) is 0. The molecule has 0 unspecified atom stereocenters. The Hall–Kier alpha value is -2.13. The van der Waals surface area contributed by atoms with E-state index in [9.17, 15) is 14.3 Å². The number of nitrogens with one attached hydrogen (secondary N) is 2. The number of urea groups is 1. The van der Waals surface area contributed by atoms with E-state index in [2.05, 4.69) is 10.6 Å². The summed E-state index contributed by atoms with van der Waals surface area (Å²) in [6.45, 7) is 3.82. The van der Waals surface area contributed by atoms with Gasteiger partial charge in [0.1, 0.15) is 11.9 Å². The Morgan fingerprint density at radius 2 is 2.20 bits per heavy atom. The second kappa shape index (κ2) is 7.46. The number of aliphatic hydroxyl groups excluding tert-OH is 1. The van der Waals surface area contributed by atoms with Crippen molar-refractivity contribution in [3.63, 3.8) is 0 Å². The third kappa shape index (κ3) is 4.86. The molecule has 0 fully saturated rings. The number of nitrogens with zero attached hydrogens (tertiary/aromatic N) is 1. The van der Waals surface area contributed by atoms with Crippen LogP contribution in [0, 0.1) is 23.1 Å². The minimum absolute atomic E-state index is 0.135. The van der Waals surface area contributed by atoms with Crippen molar-refractivity contribution in [2.75, 3.05) is 11.9 Å². The Morgan fingerprint density at radius 3 is 2.75 bits per heavy atom. The Kier molecular flexibility index (Phi) is 5.94. The Balaban J connectivity index is 2.64. The molecule has 108 valence electrons. The number of halogens is 1. The van der Waals surface area contributed by atoms with Crippen LogP contribution in [0.2, 0.25) is 0 Å². The fourth-order valence-corrected chi connectivity index (χ4v) is 1.79. The molecule has 0 heterocycles. The molecule has 1 aromatic carbocycles. The van der Waals surface area contributed by atoms with Crippen LogP contribution in [0.3, 0.4) is 0 Å². The van der Waals surface area contributed by atoms with E-state index in [1.165, 1.54) is 12.1 Å². The van der Waals surface area contributed by atoms with Crippen LogP contribution in [0.25, 0.3) is 0 Å². The molecule has 0 aliphatic rings. The Bertz CT molecular complexity index is 512. The highest BCUT2D eigenvalue weighted by atomic mass is 19.1. The summed E-state index contributed by atoms with van der Waals surface area (Å²) in [5.41, 5.74) is 0.186. The largest absolute Gasteiger partial charge is 0.394 e. The normalized spacial score (nSPS) is 11.8. The van der Waals surface area contributed by atoms with E-state index in [0.29, 0.717) is 18.0 Å². The molecule has 1 rings (SSSR count). The Morgan fingerprint density at radius 1 is 1.50 bits per heavy atom. The molecule has 1 aromatic rings. The number of anilines is 1. The van der Waals surface area contributed by atoms with Crippen LogP contribution < -0.4 is 10.6 Å². The van der Waals surface area contributed by atoms with Gasteiger partial charge in [0, 0.05) is 5.69 Å². The molecular weight excluding hydrogens is 261 g/mol. The number of carbonyl (C=O) groups is 1. The second-order valence-corrected chi connectivity index (χ2v) is 4.91. The van der Waals surface area contributed by atoms with Crippen molar-refractivity contribution in [2.24, 2.45) is 5.92 Å². The topological polar surface area (TPSA) is 85.2 Å². The highest BCUT2D eigenvalue weighted by Crippen LogP contribution is 2.14. The highest BCUT2D eigenvalue weighted by Gasteiger charge is 2.13. The minimum Gasteiger partial charge on any atom is -0.394 e. The summed E-state index contributed by atoms with van der Waals surface area (Å²) in [6, 6.07) is 4.60. The molecule has 0 aromatic heterocycles. The first kappa shape index (κ1) is 15.9. The van der Waals surface area contributed by atoms with Crippen molar-refractivity contribution >= 4 is 11.7 Å². The summed E-state index contributed by atoms with van der Waals surface area (Å²) in [5.74, 6) is -0.296. The first-order chi connectivity index (χ1) is 9.46. The standard InChI is InChI=1S/C14H18FN3O2/c1-9(2)5-12(8-19)18-14(20)17-11-3-4-13(15)10(6-11)7-16/h3-4,6,9,12,19H,5,8H2,1-2H3,(H2,17,18,20)/t12-/m1/s1. The van der Waals surface area contributed by atoms with E-state index in [-0.39, 0.29) is 18.2 Å². The van der Waals surface area contributed by atoms with Crippen LogP contribution in [0.15, 0.2) is 18.2 Å². The number of rotatable bonds is 5. The fraction of sp³-hybridized carbons (Fsp3) is 0.429. The van der Waals surface area contributed by atoms with E-state index in [0.717, 1.165) is 6.07 Å². The predicted molar refractivity (Wildman–Crippen MR) is 73.6 cm³/mol. The van der Waals surface area contributed by atoms with Crippen molar-refractivity contribution in [3.05, 3.63) is 29.6 Å². The third-order valence-electron chi connectivity index (χ3n) is 2.66. The maximum atomic E-state index is 13.1. The first-order valence-electron chi connectivity index (χ1n) is 6.34. The highest BCUT2D eigenvalue weighted by molar-refractivity contribution is 5.89. The van der Waals surface area contributed by atoms with Crippen LogP contribution >= 0.6 is 0 Å². The molecule has 0 saturated heterocycles. The van der Waals surface area contributed by atoms with E-state index < -0.39 is 11.8 Å². The number of amides is 2. The average Bonchev–Trinajstić information content (AvgIpc) is 2.39. The molecule has 2 amide bonds. The van der Waals surface area contributed by atoms with E-state index in [1.54, 1.807) is 6.07 Å². The van der Waals surface area contributed by atoms with Crippen LogP contribution in [-0.4, -0.2) is 23.8 Å². The van der Waals surface area contributed by atoms with E-state index in [4.69, 9.17) is 5.26 Å². The maximum absolute atomic E-state index is 13.1. The second-order valence-electron chi connectivity index (χ2n) is 4.91. The van der Waals surface area contributed by atoms with Gasteiger partial charge in [-0.3, -0.25) is 0 Å². The van der Waals surface area contributed by atoms with Gasteiger partial charge in [0.05, 0.1) is 18.2 Å². The molecule has 0 saturated carbocycles. The van der Waals surface area contributed by atoms with Gasteiger partial charge < -0.3 is 15.7 Å². The zero-order valence-electron chi connectivity index (χ0n) is 11.5. The van der Waals surface area contributed by atoms with E-state index in [1.807, 2.05) is 13.8 Å². The molecule has 0 bridgehead atoms. The molecule has 1 atom stereocenters. The van der Waals surface area contributed by atoms with Gasteiger partial charge >= 0.3 is 6.03 Å². The lowest BCUT2D eigenvalue weighted by atomic mass is 10.0. The smallest absolute Gasteiger partial charge is 0.319 e. The number of benzene rings is 1. The van der Waals surface area contributed by atoms with Crippen molar-refractivity contribution in [1.29, 1.82) is 5.26 Å². The van der Waals surface area contributed by atoms with Gasteiger partial charge in [-0.1, -0.05) is 13.8 Å². The summed E-state index contributed by atoms with van der Waals surface area (Å²) in [6.07, 6.45) is 0.650. The van der Waals surface area contributed by atoms with Gasteiger partial charge in [0.25, 0.3) is 0 Å². The molecule has 0 aliphatic carbocycles. The third-order valence-corrected chi connectivity index (χ3v) is 2.66. The predicted octanol–water partition coefficient (Wildman–Crippen LogP) is 2.23. The molecule has 0 spiro atoms. The zero-order valence-corrected chi connectivity index (χ0v) is 11.5. The maximum Gasteiger partial charge on any atom is 0.319 e. The molecule has 20 heavy (non-hydrogen) atoms. The van der Waals surface area contributed by atoms with Gasteiger partial charge in [-0.25, -0.2) is 9.18 Å². The molecule has 6 heteroatoms. The van der Waals surface area contributed by atoms with Gasteiger partial charge in [-0.15, -0.1) is 0 Å². The van der Waals surface area contributed by atoms with Crippen LogP contribution in [0.4, 0.5) is 14.9 Å². The molecule has 0 aliphatic heterocycles. The minimum atomic E-state index is -0.633. The summed E-state index contributed by atoms with van der Waals surface area (Å²) >= 11 is 0. The number of hydrogen-bond acceptors (Lipinski definition) is 3. The summed E-state index contributed by atoms with van der Waals surface area (Å²) < 4.78 is 13.1. The van der Waals surface area contributed by atoms with Gasteiger partial charge in [0.2, 0.25) is 0 Å². The summed E-state index contributed by atoms with van der Waals surface area (Å²) in [5, 5.41) is 23.0. The van der Waals surface area contributed by atoms with Crippen molar-refractivity contribution < 1.29 is 14.3 Å². The fourth-order valence-electron chi connectivity index (χ4n) is 1.79. The van der Waals surface area contributed by atoms with Crippen molar-refractivity contribution in [2.45, 2.75) is 26.3 Å². The van der Waals surface area contributed by atoms with Gasteiger partial charge in [0.15, 0.2) is 0 Å². The lowest BCUT2D eigenvalue weighted by Gasteiger charge is -2.18. The van der Waals surface area contributed by atoms with Crippen molar-refractivity contribution in [1.82, 2.24) is 5.32 Å². The molecular formula is C14H18FN3O2. The van der Waals surface area contributed by atoms with Crippen LogP contribution in [0.5, 0.6) is 0 Å². The van der Waals surface area contributed by atoms with Gasteiger partial charge in [-0.05, 0) is 30.5 Å². The summed E-state index contributed by atoms with van der Waals surface area (Å²) in [4.78, 5) is 11.7. The van der Waals surface area contributed by atoms with Crippen molar-refractivity contribution in [3.8, 4) is 6.07 Å². The average molecular weight is 279 g/mol. The molecule has 0 radical (unpaired) electrons. The lowest BCUT2D eigenvalue weighted by Crippen LogP contribution is -2.40. The quantitative estimate of drug-likeness (QED) is 0.772. The molecule has 3 N–H and O–H groups in total. The lowest BCUT2D eigenvalue weighted by molar-refractivity contribution is 0.214. The van der Waals surface area contributed by atoms with Gasteiger partial charge in [-0.2, -0.15) is 5.26 Å². The Labute approximate surface area is 117 Å². The number of nitriles is 1. The van der Waals surface area contributed by atoms with E-state index >= 15 is 0 Å². The first-order valence-corrected chi connectivity index (χ1v) is 6.34. The van der Waals surface area contributed by atoms with Crippen LogP contribution in [0.1, 0.15) is 25.8 Å². The number of hydrogen-bond donors (Lipinski definition) is 3. The molecule has 5 nitrogen and oxygen atoms in total. The number of carbonyl (C=O) groups excluding carboxylic acids is 1. The number of aliphatic hydroxyl groups is 1. The monoisotopic (exact) mass is 279 g/mol. The van der Waals surface area contributed by atoms with Crippen LogP contribution in [-0.2, 0) is 0 Å². The SMILES string of the molecule is CC(C)C[C@H](CO)NC(=O)Nc1ccc(F)c(C#N)c1.